The molecule has 126 valence electrons. The standard InChI is InChI=1S/C18H22N4O2/c1-13-4-6-22(7-5-13)18-9-17(20-11-21-18)19-10-14-2-3-15-16(8-14)24-12-23-15/h2-3,8-9,11,13H,4-7,10,12H2,1H3,(H,19,20,21). The van der Waals surface area contributed by atoms with Crippen molar-refractivity contribution in [2.24, 2.45) is 5.92 Å². The largest absolute Gasteiger partial charge is 0.454 e. The van der Waals surface area contributed by atoms with Gasteiger partial charge in [-0.2, -0.15) is 0 Å². The van der Waals surface area contributed by atoms with Crippen LogP contribution >= 0.6 is 0 Å². The number of rotatable bonds is 4. The molecular weight excluding hydrogens is 304 g/mol. The van der Waals surface area contributed by atoms with Gasteiger partial charge in [0.2, 0.25) is 6.79 Å². The molecule has 1 aromatic heterocycles. The van der Waals surface area contributed by atoms with Gasteiger partial charge in [-0.05, 0) is 36.5 Å². The molecule has 0 unspecified atom stereocenters. The fourth-order valence-electron chi connectivity index (χ4n) is 3.10. The predicted molar refractivity (Wildman–Crippen MR) is 92.5 cm³/mol. The summed E-state index contributed by atoms with van der Waals surface area (Å²) in [4.78, 5) is 11.1. The highest BCUT2D eigenvalue weighted by atomic mass is 16.7. The highest BCUT2D eigenvalue weighted by molar-refractivity contribution is 5.50. The fraction of sp³-hybridized carbons (Fsp3) is 0.444. The molecule has 1 fully saturated rings. The molecule has 4 rings (SSSR count). The molecule has 0 spiro atoms. The zero-order valence-corrected chi connectivity index (χ0v) is 13.9. The van der Waals surface area contributed by atoms with Gasteiger partial charge in [-0.3, -0.25) is 0 Å². The molecule has 2 aliphatic rings. The molecule has 2 aromatic rings. The van der Waals surface area contributed by atoms with Crippen LogP contribution in [0.4, 0.5) is 11.6 Å². The number of hydrogen-bond acceptors (Lipinski definition) is 6. The average Bonchev–Trinajstić information content (AvgIpc) is 3.08. The monoisotopic (exact) mass is 326 g/mol. The van der Waals surface area contributed by atoms with Crippen molar-refractivity contribution >= 4 is 11.6 Å². The Balaban J connectivity index is 1.41. The summed E-state index contributed by atoms with van der Waals surface area (Å²) in [5, 5.41) is 3.37. The number of fused-ring (bicyclic) bond motifs is 1. The summed E-state index contributed by atoms with van der Waals surface area (Å²) >= 11 is 0. The van der Waals surface area contributed by atoms with Crippen LogP contribution in [0.3, 0.4) is 0 Å². The third-order valence-corrected chi connectivity index (χ3v) is 4.67. The Labute approximate surface area is 141 Å². The molecule has 0 saturated carbocycles. The first-order valence-corrected chi connectivity index (χ1v) is 8.47. The molecular formula is C18H22N4O2. The first-order valence-electron chi connectivity index (χ1n) is 8.47. The number of piperidine rings is 1. The lowest BCUT2D eigenvalue weighted by atomic mass is 9.99. The molecule has 0 bridgehead atoms. The van der Waals surface area contributed by atoms with Gasteiger partial charge in [-0.15, -0.1) is 0 Å². The van der Waals surface area contributed by atoms with Gasteiger partial charge in [0, 0.05) is 25.7 Å². The van der Waals surface area contributed by atoms with E-state index >= 15 is 0 Å². The Bertz CT molecular complexity index is 714. The summed E-state index contributed by atoms with van der Waals surface area (Å²) in [5.74, 6) is 4.27. The first-order chi connectivity index (χ1) is 11.8. The van der Waals surface area contributed by atoms with Crippen molar-refractivity contribution < 1.29 is 9.47 Å². The molecule has 2 aliphatic heterocycles. The van der Waals surface area contributed by atoms with E-state index in [-0.39, 0.29) is 0 Å². The van der Waals surface area contributed by atoms with Crippen molar-refractivity contribution in [3.63, 3.8) is 0 Å². The SMILES string of the molecule is CC1CCN(c2cc(NCc3ccc4c(c3)OCO4)ncn2)CC1. The summed E-state index contributed by atoms with van der Waals surface area (Å²) in [7, 11) is 0. The van der Waals surface area contributed by atoms with Gasteiger partial charge in [0.15, 0.2) is 11.5 Å². The van der Waals surface area contributed by atoms with Gasteiger partial charge in [-0.25, -0.2) is 9.97 Å². The van der Waals surface area contributed by atoms with Crippen LogP contribution in [0.15, 0.2) is 30.6 Å². The van der Waals surface area contributed by atoms with E-state index in [2.05, 4.69) is 27.1 Å². The van der Waals surface area contributed by atoms with E-state index in [4.69, 9.17) is 9.47 Å². The van der Waals surface area contributed by atoms with Crippen molar-refractivity contribution in [2.75, 3.05) is 30.1 Å². The Hall–Kier alpha value is -2.50. The second-order valence-electron chi connectivity index (χ2n) is 6.47. The van der Waals surface area contributed by atoms with E-state index in [1.807, 2.05) is 24.3 Å². The molecule has 1 saturated heterocycles. The normalized spacial score (nSPS) is 17.1. The number of anilines is 2. The van der Waals surface area contributed by atoms with Crippen molar-refractivity contribution in [3.05, 3.63) is 36.2 Å². The Morgan fingerprint density at radius 1 is 1.12 bits per heavy atom. The van der Waals surface area contributed by atoms with E-state index in [1.54, 1.807) is 6.33 Å². The van der Waals surface area contributed by atoms with Gasteiger partial charge in [0.1, 0.15) is 18.0 Å². The lowest BCUT2D eigenvalue weighted by Gasteiger charge is -2.31. The summed E-state index contributed by atoms with van der Waals surface area (Å²) in [5.41, 5.74) is 1.13. The van der Waals surface area contributed by atoms with Gasteiger partial charge in [0.25, 0.3) is 0 Å². The van der Waals surface area contributed by atoms with Crippen LogP contribution in [0.2, 0.25) is 0 Å². The van der Waals surface area contributed by atoms with Gasteiger partial charge < -0.3 is 19.7 Å². The van der Waals surface area contributed by atoms with Crippen molar-refractivity contribution in [1.82, 2.24) is 9.97 Å². The molecule has 0 atom stereocenters. The van der Waals surface area contributed by atoms with Crippen LogP contribution in [-0.4, -0.2) is 29.9 Å². The molecule has 0 amide bonds. The number of hydrogen-bond donors (Lipinski definition) is 1. The predicted octanol–water partition coefficient (Wildman–Crippen LogP) is 3.05. The highest BCUT2D eigenvalue weighted by Crippen LogP contribution is 2.32. The maximum atomic E-state index is 5.42. The second kappa shape index (κ2) is 6.55. The average molecular weight is 326 g/mol. The van der Waals surface area contributed by atoms with Crippen LogP contribution in [0, 0.1) is 5.92 Å². The summed E-state index contributed by atoms with van der Waals surface area (Å²) in [6.07, 6.45) is 4.09. The number of benzene rings is 1. The lowest BCUT2D eigenvalue weighted by molar-refractivity contribution is 0.174. The highest BCUT2D eigenvalue weighted by Gasteiger charge is 2.17. The maximum Gasteiger partial charge on any atom is 0.231 e. The second-order valence-corrected chi connectivity index (χ2v) is 6.47. The van der Waals surface area contributed by atoms with E-state index in [0.29, 0.717) is 13.3 Å². The zero-order chi connectivity index (χ0) is 16.4. The van der Waals surface area contributed by atoms with E-state index < -0.39 is 0 Å². The van der Waals surface area contributed by atoms with Crippen LogP contribution in [0.25, 0.3) is 0 Å². The van der Waals surface area contributed by atoms with Crippen LogP contribution in [-0.2, 0) is 6.54 Å². The number of nitrogens with zero attached hydrogens (tertiary/aromatic N) is 3. The van der Waals surface area contributed by atoms with Crippen LogP contribution in [0.1, 0.15) is 25.3 Å². The summed E-state index contributed by atoms with van der Waals surface area (Å²) in [6.45, 7) is 5.44. The minimum atomic E-state index is 0.302. The van der Waals surface area contributed by atoms with E-state index in [1.165, 1.54) is 12.8 Å². The van der Waals surface area contributed by atoms with Gasteiger partial charge >= 0.3 is 0 Å². The van der Waals surface area contributed by atoms with Crippen LogP contribution < -0.4 is 19.7 Å². The molecule has 0 radical (unpaired) electrons. The fourth-order valence-corrected chi connectivity index (χ4v) is 3.10. The summed E-state index contributed by atoms with van der Waals surface area (Å²) in [6, 6.07) is 8.01. The third kappa shape index (κ3) is 3.22. The van der Waals surface area contributed by atoms with Gasteiger partial charge in [0.05, 0.1) is 0 Å². The van der Waals surface area contributed by atoms with Gasteiger partial charge in [-0.1, -0.05) is 13.0 Å². The Morgan fingerprint density at radius 2 is 1.96 bits per heavy atom. The van der Waals surface area contributed by atoms with E-state index in [0.717, 1.165) is 47.7 Å². The maximum absolute atomic E-state index is 5.42. The van der Waals surface area contributed by atoms with Crippen molar-refractivity contribution in [2.45, 2.75) is 26.3 Å². The number of nitrogens with one attached hydrogen (secondary N) is 1. The minimum Gasteiger partial charge on any atom is -0.454 e. The van der Waals surface area contributed by atoms with Crippen molar-refractivity contribution in [1.29, 1.82) is 0 Å². The molecule has 24 heavy (non-hydrogen) atoms. The van der Waals surface area contributed by atoms with Crippen LogP contribution in [0.5, 0.6) is 11.5 Å². The minimum absolute atomic E-state index is 0.302. The molecule has 3 heterocycles. The lowest BCUT2D eigenvalue weighted by Crippen LogP contribution is -2.33. The quantitative estimate of drug-likeness (QED) is 0.932. The number of ether oxygens (including phenoxy) is 2. The molecule has 0 aliphatic carbocycles. The number of aromatic nitrogens is 2. The molecule has 1 aromatic carbocycles. The van der Waals surface area contributed by atoms with E-state index in [9.17, 15) is 0 Å². The zero-order valence-electron chi connectivity index (χ0n) is 13.9. The first kappa shape index (κ1) is 15.1. The molecule has 1 N–H and O–H groups in total. The van der Waals surface area contributed by atoms with Crippen molar-refractivity contribution in [3.8, 4) is 11.5 Å². The summed E-state index contributed by atoms with van der Waals surface area (Å²) < 4.78 is 10.8. The smallest absolute Gasteiger partial charge is 0.231 e. The molecule has 6 nitrogen and oxygen atoms in total. The third-order valence-electron chi connectivity index (χ3n) is 4.67. The Kier molecular flexibility index (Phi) is 4.11. The Morgan fingerprint density at radius 3 is 2.83 bits per heavy atom. The topological polar surface area (TPSA) is 59.5 Å². The molecule has 6 heteroatoms.